The van der Waals surface area contributed by atoms with Crippen LogP contribution < -0.4 is 5.32 Å². The first-order valence-corrected chi connectivity index (χ1v) is 4.39. The quantitative estimate of drug-likeness (QED) is 0.826. The topological polar surface area (TPSA) is 42.0 Å². The molecular formula is C8H8Cl2N2O. The Morgan fingerprint density at radius 3 is 2.77 bits per heavy atom. The van der Waals surface area contributed by atoms with Crippen molar-refractivity contribution in [1.29, 1.82) is 0 Å². The Kier molecular flexibility index (Phi) is 3.51. The van der Waals surface area contributed by atoms with Crippen LogP contribution in [0.1, 0.15) is 12.6 Å². The third-order valence-electron chi connectivity index (χ3n) is 1.38. The number of hydrogen-bond acceptors (Lipinski definition) is 2. The molecule has 0 radical (unpaired) electrons. The summed E-state index contributed by atoms with van der Waals surface area (Å²) in [6, 6.07) is 1.62. The van der Waals surface area contributed by atoms with E-state index >= 15 is 0 Å². The molecule has 13 heavy (non-hydrogen) atoms. The van der Waals surface area contributed by atoms with Crippen LogP contribution in [0.3, 0.4) is 0 Å². The molecule has 1 heterocycles. The van der Waals surface area contributed by atoms with E-state index in [1.54, 1.807) is 6.07 Å². The van der Waals surface area contributed by atoms with Crippen molar-refractivity contribution in [2.45, 2.75) is 13.5 Å². The summed E-state index contributed by atoms with van der Waals surface area (Å²) in [7, 11) is 0. The predicted molar refractivity (Wildman–Crippen MR) is 51.8 cm³/mol. The molecule has 0 aliphatic carbocycles. The van der Waals surface area contributed by atoms with E-state index in [0.717, 1.165) is 0 Å². The number of rotatable bonds is 2. The lowest BCUT2D eigenvalue weighted by Crippen LogP contribution is -2.19. The van der Waals surface area contributed by atoms with Crippen molar-refractivity contribution in [3.8, 4) is 0 Å². The van der Waals surface area contributed by atoms with E-state index in [0.29, 0.717) is 22.3 Å². The fraction of sp³-hybridized carbons (Fsp3) is 0.250. The zero-order chi connectivity index (χ0) is 9.84. The Balaban J connectivity index is 2.68. The molecule has 1 aromatic heterocycles. The maximum absolute atomic E-state index is 10.6. The van der Waals surface area contributed by atoms with Gasteiger partial charge in [0.1, 0.15) is 0 Å². The van der Waals surface area contributed by atoms with Gasteiger partial charge < -0.3 is 5.32 Å². The first kappa shape index (κ1) is 10.3. The molecule has 1 N–H and O–H groups in total. The van der Waals surface area contributed by atoms with Crippen LogP contribution in [-0.4, -0.2) is 10.9 Å². The van der Waals surface area contributed by atoms with Gasteiger partial charge in [-0.05, 0) is 6.07 Å². The molecule has 70 valence electrons. The standard InChI is InChI=1S/C8H8Cl2N2O/c1-5(13)11-3-6-2-7(9)8(10)4-12-6/h2,4H,3H2,1H3,(H,11,13). The van der Waals surface area contributed by atoms with Crippen molar-refractivity contribution in [3.63, 3.8) is 0 Å². The van der Waals surface area contributed by atoms with Gasteiger partial charge in [0.05, 0.1) is 22.3 Å². The van der Waals surface area contributed by atoms with Crippen LogP contribution in [0.2, 0.25) is 10.0 Å². The lowest BCUT2D eigenvalue weighted by Gasteiger charge is -2.02. The monoisotopic (exact) mass is 218 g/mol. The fourth-order valence-corrected chi connectivity index (χ4v) is 1.04. The van der Waals surface area contributed by atoms with Crippen LogP contribution in [0.15, 0.2) is 12.3 Å². The van der Waals surface area contributed by atoms with Gasteiger partial charge in [0.15, 0.2) is 0 Å². The van der Waals surface area contributed by atoms with Crippen LogP contribution in [0.25, 0.3) is 0 Å². The van der Waals surface area contributed by atoms with E-state index in [2.05, 4.69) is 10.3 Å². The number of nitrogens with one attached hydrogen (secondary N) is 1. The Labute approximate surface area is 86.1 Å². The highest BCUT2D eigenvalue weighted by atomic mass is 35.5. The molecule has 0 unspecified atom stereocenters. The number of pyridine rings is 1. The average Bonchev–Trinajstić information content (AvgIpc) is 2.07. The molecule has 0 fully saturated rings. The molecule has 0 atom stereocenters. The Morgan fingerprint density at radius 1 is 1.54 bits per heavy atom. The maximum atomic E-state index is 10.6. The largest absolute Gasteiger partial charge is 0.351 e. The number of carbonyl (C=O) groups is 1. The van der Waals surface area contributed by atoms with Gasteiger partial charge in [0.2, 0.25) is 5.91 Å². The van der Waals surface area contributed by atoms with Crippen LogP contribution in [0, 0.1) is 0 Å². The van der Waals surface area contributed by atoms with Crippen LogP contribution in [-0.2, 0) is 11.3 Å². The highest BCUT2D eigenvalue weighted by Crippen LogP contribution is 2.20. The molecule has 1 rings (SSSR count). The summed E-state index contributed by atoms with van der Waals surface area (Å²) in [6.07, 6.45) is 1.46. The van der Waals surface area contributed by atoms with Crippen molar-refractivity contribution in [2.24, 2.45) is 0 Å². The van der Waals surface area contributed by atoms with Crippen molar-refractivity contribution < 1.29 is 4.79 Å². The normalized spacial score (nSPS) is 9.77. The Bertz CT molecular complexity index is 328. The molecule has 5 heteroatoms. The van der Waals surface area contributed by atoms with Gasteiger partial charge >= 0.3 is 0 Å². The summed E-state index contributed by atoms with van der Waals surface area (Å²) in [6.45, 7) is 1.81. The lowest BCUT2D eigenvalue weighted by molar-refractivity contribution is -0.119. The third-order valence-corrected chi connectivity index (χ3v) is 2.09. The van der Waals surface area contributed by atoms with Crippen molar-refractivity contribution >= 4 is 29.1 Å². The van der Waals surface area contributed by atoms with Gasteiger partial charge in [-0.1, -0.05) is 23.2 Å². The van der Waals surface area contributed by atoms with Gasteiger partial charge in [-0.2, -0.15) is 0 Å². The zero-order valence-electron chi connectivity index (χ0n) is 6.97. The SMILES string of the molecule is CC(=O)NCc1cc(Cl)c(Cl)cn1. The summed E-state index contributed by atoms with van der Waals surface area (Å²) in [5.41, 5.74) is 0.685. The smallest absolute Gasteiger partial charge is 0.217 e. The summed E-state index contributed by atoms with van der Waals surface area (Å²) in [5.74, 6) is -0.104. The number of carbonyl (C=O) groups excluding carboxylic acids is 1. The van der Waals surface area contributed by atoms with Gasteiger partial charge in [-0.25, -0.2) is 0 Å². The van der Waals surface area contributed by atoms with E-state index in [1.165, 1.54) is 13.1 Å². The number of halogens is 2. The van der Waals surface area contributed by atoms with Gasteiger partial charge in [-0.15, -0.1) is 0 Å². The number of hydrogen-bond donors (Lipinski definition) is 1. The molecule has 1 amide bonds. The van der Waals surface area contributed by atoms with Gasteiger partial charge in [0, 0.05) is 13.1 Å². The molecule has 0 saturated carbocycles. The van der Waals surface area contributed by atoms with Crippen molar-refractivity contribution in [2.75, 3.05) is 0 Å². The lowest BCUT2D eigenvalue weighted by atomic mass is 10.3. The summed E-state index contributed by atoms with van der Waals surface area (Å²) in [4.78, 5) is 14.6. The van der Waals surface area contributed by atoms with Crippen LogP contribution >= 0.6 is 23.2 Å². The number of amides is 1. The minimum atomic E-state index is -0.104. The van der Waals surface area contributed by atoms with Crippen LogP contribution in [0.5, 0.6) is 0 Å². The van der Waals surface area contributed by atoms with E-state index in [-0.39, 0.29) is 5.91 Å². The molecule has 3 nitrogen and oxygen atoms in total. The Morgan fingerprint density at radius 2 is 2.23 bits per heavy atom. The molecule has 1 aromatic rings. The highest BCUT2D eigenvalue weighted by molar-refractivity contribution is 6.41. The summed E-state index contributed by atoms with van der Waals surface area (Å²) >= 11 is 11.4. The molecule has 0 aromatic carbocycles. The fourth-order valence-electron chi connectivity index (χ4n) is 0.765. The average molecular weight is 219 g/mol. The first-order chi connectivity index (χ1) is 6.09. The third kappa shape index (κ3) is 3.20. The predicted octanol–water partition coefficient (Wildman–Crippen LogP) is 2.02. The van der Waals surface area contributed by atoms with Crippen molar-refractivity contribution in [3.05, 3.63) is 28.0 Å². The maximum Gasteiger partial charge on any atom is 0.217 e. The first-order valence-electron chi connectivity index (χ1n) is 3.64. The summed E-state index contributed by atoms with van der Waals surface area (Å²) < 4.78 is 0. The minimum Gasteiger partial charge on any atom is -0.351 e. The number of nitrogens with zero attached hydrogens (tertiary/aromatic N) is 1. The second-order valence-electron chi connectivity index (χ2n) is 2.50. The molecule has 0 aliphatic heterocycles. The van der Waals surface area contributed by atoms with Crippen LogP contribution in [0.4, 0.5) is 0 Å². The van der Waals surface area contributed by atoms with E-state index in [9.17, 15) is 4.79 Å². The Hall–Kier alpha value is -0.800. The second-order valence-corrected chi connectivity index (χ2v) is 3.31. The minimum absolute atomic E-state index is 0.104. The van der Waals surface area contributed by atoms with E-state index in [1.807, 2.05) is 0 Å². The zero-order valence-corrected chi connectivity index (χ0v) is 8.49. The van der Waals surface area contributed by atoms with Crippen molar-refractivity contribution in [1.82, 2.24) is 10.3 Å². The molecule has 0 bridgehead atoms. The molecule has 0 aliphatic rings. The van der Waals surface area contributed by atoms with Gasteiger partial charge in [0.25, 0.3) is 0 Å². The summed E-state index contributed by atoms with van der Waals surface area (Å²) in [5, 5.41) is 3.46. The molecular weight excluding hydrogens is 211 g/mol. The van der Waals surface area contributed by atoms with Gasteiger partial charge in [-0.3, -0.25) is 9.78 Å². The molecule has 0 saturated heterocycles. The highest BCUT2D eigenvalue weighted by Gasteiger charge is 2.00. The second kappa shape index (κ2) is 4.44. The number of aromatic nitrogens is 1. The van der Waals surface area contributed by atoms with E-state index < -0.39 is 0 Å². The van der Waals surface area contributed by atoms with E-state index in [4.69, 9.17) is 23.2 Å². The molecule has 0 spiro atoms.